The molecule has 1 aliphatic heterocycles. The molecule has 4 aromatic rings. The SMILES string of the molecule is CCc1nc2c(cnn2CC)c(NC2CCOCC2)c1Cn1cc2ccccc2c1O. The molecule has 31 heavy (non-hydrogen) atoms. The summed E-state index contributed by atoms with van der Waals surface area (Å²) in [6.07, 6.45) is 6.70. The van der Waals surface area contributed by atoms with Gasteiger partial charge >= 0.3 is 0 Å². The van der Waals surface area contributed by atoms with Crippen molar-refractivity contribution in [3.63, 3.8) is 0 Å². The Labute approximate surface area is 181 Å². The first kappa shape index (κ1) is 19.9. The lowest BCUT2D eigenvalue weighted by molar-refractivity contribution is 0.0904. The average molecular weight is 420 g/mol. The van der Waals surface area contributed by atoms with Gasteiger partial charge in [0, 0.05) is 54.0 Å². The van der Waals surface area contributed by atoms with Crippen LogP contribution >= 0.6 is 0 Å². The quantitative estimate of drug-likeness (QED) is 0.487. The van der Waals surface area contributed by atoms with E-state index in [1.54, 1.807) is 0 Å². The van der Waals surface area contributed by atoms with Crippen LogP contribution in [0.5, 0.6) is 5.88 Å². The lowest BCUT2D eigenvalue weighted by Gasteiger charge is -2.26. The van der Waals surface area contributed by atoms with Gasteiger partial charge in [-0.05, 0) is 32.3 Å². The van der Waals surface area contributed by atoms with Crippen molar-refractivity contribution < 1.29 is 9.84 Å². The summed E-state index contributed by atoms with van der Waals surface area (Å²) in [6.45, 7) is 7.10. The van der Waals surface area contributed by atoms with Crippen molar-refractivity contribution in [2.45, 2.75) is 52.2 Å². The number of hydrogen-bond donors (Lipinski definition) is 2. The van der Waals surface area contributed by atoms with Crippen molar-refractivity contribution in [3.05, 3.63) is 47.9 Å². The van der Waals surface area contributed by atoms with Gasteiger partial charge in [0.05, 0.1) is 23.8 Å². The van der Waals surface area contributed by atoms with E-state index >= 15 is 0 Å². The average Bonchev–Trinajstić information content (AvgIpc) is 3.36. The molecule has 0 saturated carbocycles. The molecule has 0 atom stereocenters. The topological polar surface area (TPSA) is 77.1 Å². The highest BCUT2D eigenvalue weighted by Crippen LogP contribution is 2.34. The third-order valence-electron chi connectivity index (χ3n) is 6.27. The van der Waals surface area contributed by atoms with E-state index in [1.807, 2.05) is 45.9 Å². The zero-order chi connectivity index (χ0) is 21.4. The molecule has 0 radical (unpaired) electrons. The van der Waals surface area contributed by atoms with Crippen LogP contribution in [-0.2, 0) is 24.2 Å². The Balaban J connectivity index is 1.65. The second kappa shape index (κ2) is 8.23. The van der Waals surface area contributed by atoms with Gasteiger partial charge in [-0.3, -0.25) is 0 Å². The minimum atomic E-state index is 0.291. The van der Waals surface area contributed by atoms with E-state index in [2.05, 4.69) is 24.3 Å². The molecule has 2 N–H and O–H groups in total. The highest BCUT2D eigenvalue weighted by molar-refractivity contribution is 5.92. The molecular weight excluding hydrogens is 390 g/mol. The third kappa shape index (κ3) is 3.53. The van der Waals surface area contributed by atoms with E-state index in [0.717, 1.165) is 77.8 Å². The van der Waals surface area contributed by atoms with Crippen molar-refractivity contribution in [3.8, 4) is 5.88 Å². The number of nitrogens with zero attached hydrogens (tertiary/aromatic N) is 4. The molecule has 0 bridgehead atoms. The van der Waals surface area contributed by atoms with Crippen LogP contribution in [0.15, 0.2) is 36.7 Å². The van der Waals surface area contributed by atoms with Gasteiger partial charge in [-0.1, -0.05) is 25.1 Å². The highest BCUT2D eigenvalue weighted by Gasteiger charge is 2.22. The predicted molar refractivity (Wildman–Crippen MR) is 123 cm³/mol. The molecule has 5 rings (SSSR count). The van der Waals surface area contributed by atoms with Crippen molar-refractivity contribution in [1.82, 2.24) is 19.3 Å². The molecule has 162 valence electrons. The summed E-state index contributed by atoms with van der Waals surface area (Å²) >= 11 is 0. The van der Waals surface area contributed by atoms with Gasteiger partial charge < -0.3 is 19.7 Å². The van der Waals surface area contributed by atoms with Crippen molar-refractivity contribution in [2.24, 2.45) is 0 Å². The molecule has 4 heterocycles. The Kier molecular flexibility index (Phi) is 5.28. The number of benzene rings is 1. The van der Waals surface area contributed by atoms with Crippen LogP contribution in [0.4, 0.5) is 5.69 Å². The van der Waals surface area contributed by atoms with Crippen LogP contribution in [0.1, 0.15) is 37.9 Å². The minimum Gasteiger partial charge on any atom is -0.494 e. The van der Waals surface area contributed by atoms with Gasteiger partial charge in [-0.25, -0.2) is 9.67 Å². The molecule has 0 amide bonds. The fraction of sp³-hybridized carbons (Fsp3) is 0.417. The zero-order valence-electron chi connectivity index (χ0n) is 18.1. The van der Waals surface area contributed by atoms with E-state index in [0.29, 0.717) is 18.5 Å². The second-order valence-corrected chi connectivity index (χ2v) is 8.16. The minimum absolute atomic E-state index is 0.291. The summed E-state index contributed by atoms with van der Waals surface area (Å²) in [7, 11) is 0. The normalized spacial score (nSPS) is 15.2. The van der Waals surface area contributed by atoms with E-state index in [9.17, 15) is 5.11 Å². The first-order valence-corrected chi connectivity index (χ1v) is 11.2. The Morgan fingerprint density at radius 1 is 1.16 bits per heavy atom. The third-order valence-corrected chi connectivity index (χ3v) is 6.27. The van der Waals surface area contributed by atoms with E-state index < -0.39 is 0 Å². The first-order chi connectivity index (χ1) is 15.2. The summed E-state index contributed by atoms with van der Waals surface area (Å²) in [5, 5.41) is 22.2. The second-order valence-electron chi connectivity index (χ2n) is 8.16. The molecular formula is C24H29N5O2. The molecule has 7 heteroatoms. The number of fused-ring (bicyclic) bond motifs is 2. The standard InChI is InChI=1S/C24H29N5O2/c1-3-21-20(15-28-14-16-7-5-6-8-18(16)24(28)30)22(26-17-9-11-31-12-10-17)19-13-25-29(4-2)23(19)27-21/h5-8,13-14,17,30H,3-4,9-12,15H2,1-2H3,(H,26,27). The van der Waals surface area contributed by atoms with Crippen LogP contribution in [-0.4, -0.2) is 43.7 Å². The summed E-state index contributed by atoms with van der Waals surface area (Å²) in [4.78, 5) is 5.00. The van der Waals surface area contributed by atoms with Crippen molar-refractivity contribution >= 4 is 27.5 Å². The predicted octanol–water partition coefficient (Wildman–Crippen LogP) is 4.31. The molecule has 0 spiro atoms. The molecule has 7 nitrogen and oxygen atoms in total. The van der Waals surface area contributed by atoms with Gasteiger partial charge in [-0.2, -0.15) is 5.10 Å². The number of anilines is 1. The van der Waals surface area contributed by atoms with E-state index in [-0.39, 0.29) is 0 Å². The Morgan fingerprint density at radius 3 is 2.71 bits per heavy atom. The number of pyridine rings is 1. The Bertz CT molecular complexity index is 1220. The number of aromatic nitrogens is 4. The van der Waals surface area contributed by atoms with Gasteiger partial charge in [0.1, 0.15) is 0 Å². The Morgan fingerprint density at radius 2 is 1.97 bits per heavy atom. The molecule has 1 aromatic carbocycles. The van der Waals surface area contributed by atoms with Gasteiger partial charge in [0.15, 0.2) is 11.5 Å². The molecule has 1 fully saturated rings. The van der Waals surface area contributed by atoms with Crippen molar-refractivity contribution in [2.75, 3.05) is 18.5 Å². The maximum atomic E-state index is 10.9. The lowest BCUT2D eigenvalue weighted by Crippen LogP contribution is -2.28. The largest absolute Gasteiger partial charge is 0.494 e. The van der Waals surface area contributed by atoms with Crippen LogP contribution in [0.25, 0.3) is 21.8 Å². The fourth-order valence-electron chi connectivity index (χ4n) is 4.57. The number of aryl methyl sites for hydroxylation is 2. The van der Waals surface area contributed by atoms with E-state index in [1.165, 1.54) is 0 Å². The molecule has 0 unspecified atom stereocenters. The molecule has 1 saturated heterocycles. The maximum Gasteiger partial charge on any atom is 0.199 e. The summed E-state index contributed by atoms with van der Waals surface area (Å²) < 4.78 is 9.44. The van der Waals surface area contributed by atoms with Gasteiger partial charge in [-0.15, -0.1) is 0 Å². The van der Waals surface area contributed by atoms with Crippen LogP contribution < -0.4 is 5.32 Å². The Hall–Kier alpha value is -3.06. The van der Waals surface area contributed by atoms with Gasteiger partial charge in [0.25, 0.3) is 0 Å². The van der Waals surface area contributed by atoms with Crippen LogP contribution in [0.2, 0.25) is 0 Å². The van der Waals surface area contributed by atoms with Crippen molar-refractivity contribution in [1.29, 1.82) is 0 Å². The fourth-order valence-corrected chi connectivity index (χ4v) is 4.57. The molecule has 1 aliphatic rings. The first-order valence-electron chi connectivity index (χ1n) is 11.2. The van der Waals surface area contributed by atoms with Crippen LogP contribution in [0.3, 0.4) is 0 Å². The number of nitrogens with one attached hydrogen (secondary N) is 1. The monoisotopic (exact) mass is 419 g/mol. The highest BCUT2D eigenvalue weighted by atomic mass is 16.5. The van der Waals surface area contributed by atoms with Gasteiger partial charge in [0.2, 0.25) is 0 Å². The summed E-state index contributed by atoms with van der Waals surface area (Å²) in [5.41, 5.74) is 4.16. The smallest absolute Gasteiger partial charge is 0.199 e. The summed E-state index contributed by atoms with van der Waals surface area (Å²) in [6, 6.07) is 8.28. The zero-order valence-corrected chi connectivity index (χ0v) is 18.1. The lowest BCUT2D eigenvalue weighted by atomic mass is 10.0. The number of hydrogen-bond acceptors (Lipinski definition) is 5. The number of ether oxygens (including phenoxy) is 1. The number of rotatable bonds is 6. The molecule has 0 aliphatic carbocycles. The number of aromatic hydroxyl groups is 1. The molecule has 3 aromatic heterocycles. The van der Waals surface area contributed by atoms with Crippen LogP contribution in [0, 0.1) is 0 Å². The summed E-state index contributed by atoms with van der Waals surface area (Å²) in [5.74, 6) is 0.291. The maximum absolute atomic E-state index is 10.9. The van der Waals surface area contributed by atoms with E-state index in [4.69, 9.17) is 9.72 Å².